The van der Waals surface area contributed by atoms with Gasteiger partial charge in [-0.25, -0.2) is 18.7 Å². The highest BCUT2D eigenvalue weighted by Gasteiger charge is 2.10. The van der Waals surface area contributed by atoms with Gasteiger partial charge >= 0.3 is 0 Å². The van der Waals surface area contributed by atoms with Gasteiger partial charge in [-0.15, -0.1) is 0 Å². The van der Waals surface area contributed by atoms with Crippen molar-refractivity contribution in [3.63, 3.8) is 0 Å². The minimum Gasteiger partial charge on any atom is -0.236 e. The van der Waals surface area contributed by atoms with E-state index < -0.39 is 11.6 Å². The van der Waals surface area contributed by atoms with Gasteiger partial charge < -0.3 is 0 Å². The smallest absolute Gasteiger partial charge is 0.162 e. The Hall–Kier alpha value is -1.84. The summed E-state index contributed by atoms with van der Waals surface area (Å²) in [6.45, 7) is 5.51. The van der Waals surface area contributed by atoms with Crippen molar-refractivity contribution in [1.82, 2.24) is 9.97 Å². The summed E-state index contributed by atoms with van der Waals surface area (Å²) < 4.78 is 26.7. The molecule has 0 unspecified atom stereocenters. The standard InChI is InChI=1S/C11H8F2N2.C2H6/c1-7-5-10(13)8(6-9(7)12)11-14-3-2-4-15-11;1-2/h2-6H,1H3;1-2H3. The molecule has 2 rings (SSSR count). The van der Waals surface area contributed by atoms with Crippen LogP contribution in [0.15, 0.2) is 30.6 Å². The molecule has 0 amide bonds. The van der Waals surface area contributed by atoms with E-state index in [1.165, 1.54) is 19.3 Å². The van der Waals surface area contributed by atoms with E-state index in [0.29, 0.717) is 0 Å². The van der Waals surface area contributed by atoms with Gasteiger partial charge in [0.1, 0.15) is 11.6 Å². The van der Waals surface area contributed by atoms with Crippen LogP contribution in [-0.2, 0) is 0 Å². The lowest BCUT2D eigenvalue weighted by atomic mass is 10.1. The second kappa shape index (κ2) is 6.03. The van der Waals surface area contributed by atoms with Crippen LogP contribution in [0.2, 0.25) is 0 Å². The lowest BCUT2D eigenvalue weighted by Gasteiger charge is -2.03. The maximum absolute atomic E-state index is 13.5. The molecule has 17 heavy (non-hydrogen) atoms. The molecule has 0 fully saturated rings. The Morgan fingerprint density at radius 2 is 1.53 bits per heavy atom. The van der Waals surface area contributed by atoms with E-state index in [0.717, 1.165) is 12.1 Å². The monoisotopic (exact) mass is 236 g/mol. The highest BCUT2D eigenvalue weighted by Crippen LogP contribution is 2.21. The number of rotatable bonds is 1. The molecule has 4 heteroatoms. The molecule has 0 aliphatic heterocycles. The van der Waals surface area contributed by atoms with E-state index in [9.17, 15) is 8.78 Å². The van der Waals surface area contributed by atoms with E-state index >= 15 is 0 Å². The van der Waals surface area contributed by atoms with Crippen molar-refractivity contribution in [2.45, 2.75) is 20.8 Å². The van der Waals surface area contributed by atoms with Gasteiger partial charge in [-0.1, -0.05) is 13.8 Å². The van der Waals surface area contributed by atoms with Crippen molar-refractivity contribution in [1.29, 1.82) is 0 Å². The predicted molar refractivity (Wildman–Crippen MR) is 63.5 cm³/mol. The molecule has 1 heterocycles. The SMILES string of the molecule is CC.Cc1cc(F)c(-c2ncccn2)cc1F. The number of aryl methyl sites for hydroxylation is 1. The molecule has 2 nitrogen and oxygen atoms in total. The normalized spacial score (nSPS) is 9.47. The van der Waals surface area contributed by atoms with Crippen LogP contribution >= 0.6 is 0 Å². The number of aromatic nitrogens is 2. The maximum Gasteiger partial charge on any atom is 0.162 e. The topological polar surface area (TPSA) is 25.8 Å². The van der Waals surface area contributed by atoms with Gasteiger partial charge in [0.05, 0.1) is 5.56 Å². The van der Waals surface area contributed by atoms with Crippen molar-refractivity contribution in [2.24, 2.45) is 0 Å². The minimum absolute atomic E-state index is 0.0821. The Kier molecular flexibility index (Phi) is 4.69. The van der Waals surface area contributed by atoms with Gasteiger partial charge in [-0.3, -0.25) is 0 Å². The first-order chi connectivity index (χ1) is 8.18. The zero-order valence-corrected chi connectivity index (χ0v) is 10.0. The fourth-order valence-corrected chi connectivity index (χ4v) is 1.26. The third-order valence-electron chi connectivity index (χ3n) is 2.05. The number of hydrogen-bond acceptors (Lipinski definition) is 2. The fourth-order valence-electron chi connectivity index (χ4n) is 1.26. The Morgan fingerprint density at radius 1 is 0.941 bits per heavy atom. The van der Waals surface area contributed by atoms with Crippen molar-refractivity contribution in [3.05, 3.63) is 47.8 Å². The Balaban J connectivity index is 0.000000686. The minimum atomic E-state index is -0.514. The number of hydrogen-bond donors (Lipinski definition) is 0. The van der Waals surface area contributed by atoms with E-state index in [4.69, 9.17) is 0 Å². The van der Waals surface area contributed by atoms with Crippen LogP contribution in [-0.4, -0.2) is 9.97 Å². The van der Waals surface area contributed by atoms with E-state index in [2.05, 4.69) is 9.97 Å². The maximum atomic E-state index is 13.5. The third kappa shape index (κ3) is 3.06. The average Bonchev–Trinajstić information content (AvgIpc) is 2.37. The van der Waals surface area contributed by atoms with E-state index in [1.807, 2.05) is 13.8 Å². The number of nitrogens with zero attached hydrogens (tertiary/aromatic N) is 2. The molecule has 0 atom stereocenters. The Morgan fingerprint density at radius 3 is 2.12 bits per heavy atom. The van der Waals surface area contributed by atoms with Crippen LogP contribution in [0.3, 0.4) is 0 Å². The van der Waals surface area contributed by atoms with Crippen molar-refractivity contribution in [3.8, 4) is 11.4 Å². The fraction of sp³-hybridized carbons (Fsp3) is 0.231. The van der Waals surface area contributed by atoms with Gasteiger partial charge in [-0.2, -0.15) is 0 Å². The van der Waals surface area contributed by atoms with Crippen LogP contribution < -0.4 is 0 Å². The Labute approximate surface area is 99.4 Å². The van der Waals surface area contributed by atoms with Crippen LogP contribution in [0.4, 0.5) is 8.78 Å². The third-order valence-corrected chi connectivity index (χ3v) is 2.05. The molecule has 0 radical (unpaired) electrons. The average molecular weight is 236 g/mol. The van der Waals surface area contributed by atoms with Crippen LogP contribution in [0.25, 0.3) is 11.4 Å². The Bertz CT molecular complexity index is 484. The van der Waals surface area contributed by atoms with Gasteiger partial charge in [0.15, 0.2) is 5.82 Å². The summed E-state index contributed by atoms with van der Waals surface area (Å²) in [6, 6.07) is 3.87. The van der Waals surface area contributed by atoms with Crippen molar-refractivity contribution in [2.75, 3.05) is 0 Å². The first-order valence-electron chi connectivity index (χ1n) is 5.41. The van der Waals surface area contributed by atoms with E-state index in [1.54, 1.807) is 6.07 Å². The first kappa shape index (κ1) is 13.2. The molecule has 2 aromatic rings. The molecule has 0 aliphatic carbocycles. The lowest BCUT2D eigenvalue weighted by molar-refractivity contribution is 0.594. The molecule has 90 valence electrons. The molecule has 0 aliphatic rings. The van der Waals surface area contributed by atoms with Crippen molar-refractivity contribution >= 4 is 0 Å². The summed E-state index contributed by atoms with van der Waals surface area (Å²) in [6.07, 6.45) is 2.97. The number of halogens is 2. The summed E-state index contributed by atoms with van der Waals surface area (Å²) >= 11 is 0. The van der Waals surface area contributed by atoms with Crippen molar-refractivity contribution < 1.29 is 8.78 Å². The van der Waals surface area contributed by atoms with Gasteiger partial charge in [0, 0.05) is 12.4 Å². The summed E-state index contributed by atoms with van der Waals surface area (Å²) in [5.74, 6) is -0.784. The quantitative estimate of drug-likeness (QED) is 0.753. The highest BCUT2D eigenvalue weighted by molar-refractivity contribution is 5.56. The van der Waals surface area contributed by atoms with Gasteiger partial charge in [-0.05, 0) is 30.7 Å². The highest BCUT2D eigenvalue weighted by atomic mass is 19.1. The lowest BCUT2D eigenvalue weighted by Crippen LogP contribution is -1.94. The summed E-state index contributed by atoms with van der Waals surface area (Å²) in [7, 11) is 0. The largest absolute Gasteiger partial charge is 0.236 e. The van der Waals surface area contributed by atoms with Gasteiger partial charge in [0.2, 0.25) is 0 Å². The zero-order valence-electron chi connectivity index (χ0n) is 10.0. The molecule has 1 aromatic carbocycles. The summed E-state index contributed by atoms with van der Waals surface area (Å²) in [5, 5.41) is 0. The molecule has 0 bridgehead atoms. The van der Waals surface area contributed by atoms with Crippen LogP contribution in [0.1, 0.15) is 19.4 Å². The molecular weight excluding hydrogens is 222 g/mol. The summed E-state index contributed by atoms with van der Waals surface area (Å²) in [4.78, 5) is 7.73. The predicted octanol–water partition coefficient (Wildman–Crippen LogP) is 3.76. The van der Waals surface area contributed by atoms with Crippen LogP contribution in [0.5, 0.6) is 0 Å². The van der Waals surface area contributed by atoms with Crippen LogP contribution in [0, 0.1) is 18.6 Å². The van der Waals surface area contributed by atoms with E-state index in [-0.39, 0.29) is 17.0 Å². The number of benzene rings is 1. The molecule has 0 saturated carbocycles. The molecule has 0 N–H and O–H groups in total. The zero-order chi connectivity index (χ0) is 12.8. The molecule has 1 aromatic heterocycles. The second-order valence-electron chi connectivity index (χ2n) is 3.15. The molecule has 0 saturated heterocycles. The molecule has 0 spiro atoms. The summed E-state index contributed by atoms with van der Waals surface area (Å²) in [5.41, 5.74) is 0.353. The first-order valence-corrected chi connectivity index (χ1v) is 5.41. The van der Waals surface area contributed by atoms with Gasteiger partial charge in [0.25, 0.3) is 0 Å². The molecular formula is C13H14F2N2. The second-order valence-corrected chi connectivity index (χ2v) is 3.15.